The normalized spacial score (nSPS) is 11.1. The number of aryl methyl sites for hydroxylation is 1. The van der Waals surface area contributed by atoms with Crippen molar-refractivity contribution in [2.75, 3.05) is 15.4 Å². The Kier molecular flexibility index (Phi) is 7.98. The summed E-state index contributed by atoms with van der Waals surface area (Å²) < 4.78 is 28.5. The third-order valence-electron chi connectivity index (χ3n) is 5.78. The van der Waals surface area contributed by atoms with Crippen LogP contribution in [0.4, 0.5) is 23.0 Å². The average Bonchev–Trinajstić information content (AvgIpc) is 2.96. The summed E-state index contributed by atoms with van der Waals surface area (Å²) in [7, 11) is -3.82. The lowest BCUT2D eigenvalue weighted by Crippen LogP contribution is -2.15. The van der Waals surface area contributed by atoms with Gasteiger partial charge in [-0.3, -0.25) is 19.5 Å². The number of amides is 1. The van der Waals surface area contributed by atoms with Gasteiger partial charge >= 0.3 is 0 Å². The second kappa shape index (κ2) is 11.8. The molecule has 3 aromatic heterocycles. The van der Waals surface area contributed by atoms with Gasteiger partial charge in [-0.05, 0) is 95.7 Å². The molecule has 40 heavy (non-hydrogen) atoms. The van der Waals surface area contributed by atoms with E-state index in [0.29, 0.717) is 26.5 Å². The molecule has 0 saturated heterocycles. The van der Waals surface area contributed by atoms with E-state index in [1.165, 1.54) is 24.5 Å². The molecule has 0 aliphatic rings. The van der Waals surface area contributed by atoms with E-state index in [0.717, 1.165) is 22.5 Å². The Labute approximate surface area is 244 Å². The summed E-state index contributed by atoms with van der Waals surface area (Å²) in [6.07, 6.45) is 7.92. The molecule has 0 fully saturated rings. The first-order valence-corrected chi connectivity index (χ1v) is 14.5. The number of nitrogens with one attached hydrogen (secondary N) is 3. The van der Waals surface area contributed by atoms with Crippen LogP contribution in [0.5, 0.6) is 0 Å². The van der Waals surface area contributed by atoms with Gasteiger partial charge in [-0.2, -0.15) is 0 Å². The monoisotopic (exact) mass is 663 g/mol. The molecule has 0 spiro atoms. The van der Waals surface area contributed by atoms with Gasteiger partial charge in [0.05, 0.1) is 5.69 Å². The quantitative estimate of drug-likeness (QED) is 0.181. The van der Waals surface area contributed by atoms with E-state index in [2.05, 4.69) is 35.3 Å². The molecular formula is C28H22IN7O3S. The van der Waals surface area contributed by atoms with E-state index in [1.807, 2.05) is 53.8 Å². The van der Waals surface area contributed by atoms with Gasteiger partial charge in [0.15, 0.2) is 0 Å². The summed E-state index contributed by atoms with van der Waals surface area (Å²) in [6.45, 7) is 1.94. The van der Waals surface area contributed by atoms with E-state index < -0.39 is 10.0 Å². The van der Waals surface area contributed by atoms with Crippen LogP contribution in [0.25, 0.3) is 11.3 Å². The highest BCUT2D eigenvalue weighted by molar-refractivity contribution is 14.1. The van der Waals surface area contributed by atoms with Crippen LogP contribution in [0.1, 0.15) is 15.9 Å². The smallest absolute Gasteiger partial charge is 0.264 e. The number of hydrogen-bond acceptors (Lipinski definition) is 8. The number of hydrogen-bond donors (Lipinski definition) is 3. The number of nitrogens with zero attached hydrogens (tertiary/aromatic N) is 4. The molecule has 0 saturated carbocycles. The molecule has 12 heteroatoms. The molecule has 2 aromatic carbocycles. The number of rotatable bonds is 8. The number of sulfonamides is 1. The maximum Gasteiger partial charge on any atom is 0.264 e. The van der Waals surface area contributed by atoms with Crippen molar-refractivity contribution in [1.82, 2.24) is 19.9 Å². The minimum atomic E-state index is -3.82. The molecule has 5 aromatic rings. The van der Waals surface area contributed by atoms with Gasteiger partial charge < -0.3 is 10.6 Å². The van der Waals surface area contributed by atoms with Crippen molar-refractivity contribution in [2.45, 2.75) is 11.8 Å². The lowest BCUT2D eigenvalue weighted by Gasteiger charge is -2.13. The first-order valence-electron chi connectivity index (χ1n) is 11.9. The molecule has 0 atom stereocenters. The third-order valence-corrected chi connectivity index (χ3v) is 8.49. The zero-order valence-electron chi connectivity index (χ0n) is 21.0. The molecule has 3 N–H and O–H groups in total. The van der Waals surface area contributed by atoms with Gasteiger partial charge in [0.25, 0.3) is 15.9 Å². The van der Waals surface area contributed by atoms with Gasteiger partial charge in [0.1, 0.15) is 4.90 Å². The topological polar surface area (TPSA) is 139 Å². The van der Waals surface area contributed by atoms with Crippen molar-refractivity contribution < 1.29 is 13.2 Å². The van der Waals surface area contributed by atoms with Gasteiger partial charge in [0.2, 0.25) is 5.95 Å². The van der Waals surface area contributed by atoms with Crippen LogP contribution in [0.2, 0.25) is 0 Å². The second-order valence-corrected chi connectivity index (χ2v) is 11.4. The van der Waals surface area contributed by atoms with Crippen LogP contribution in [0.15, 0.2) is 103 Å². The van der Waals surface area contributed by atoms with Gasteiger partial charge in [-0.25, -0.2) is 18.4 Å². The molecular weight excluding hydrogens is 641 g/mol. The van der Waals surface area contributed by atoms with Crippen molar-refractivity contribution in [3.63, 3.8) is 0 Å². The SMILES string of the molecule is Cc1ccc(NC(=O)c2ccc(NS(=O)(=O)c3cnccc3I)cc2)cc1Nc1nccc(-c2cccnc2)n1. The Balaban J connectivity index is 1.27. The highest BCUT2D eigenvalue weighted by atomic mass is 127. The molecule has 200 valence electrons. The maximum absolute atomic E-state index is 12.9. The summed E-state index contributed by atoms with van der Waals surface area (Å²) in [4.78, 5) is 29.9. The first-order chi connectivity index (χ1) is 19.3. The van der Waals surface area contributed by atoms with Crippen molar-refractivity contribution in [2.24, 2.45) is 0 Å². The Morgan fingerprint density at radius 2 is 1.65 bits per heavy atom. The number of anilines is 4. The Morgan fingerprint density at radius 3 is 2.40 bits per heavy atom. The fourth-order valence-corrected chi connectivity index (χ4v) is 5.96. The fraction of sp³-hybridized carbons (Fsp3) is 0.0357. The molecule has 10 nitrogen and oxygen atoms in total. The minimum Gasteiger partial charge on any atom is -0.324 e. The number of pyridine rings is 2. The van der Waals surface area contributed by atoms with Gasteiger partial charge in [-0.15, -0.1) is 0 Å². The summed E-state index contributed by atoms with van der Waals surface area (Å²) in [5.74, 6) is 0.0628. The van der Waals surface area contributed by atoms with Crippen molar-refractivity contribution >= 4 is 61.5 Å². The van der Waals surface area contributed by atoms with Crippen LogP contribution in [-0.2, 0) is 10.0 Å². The zero-order chi connectivity index (χ0) is 28.1. The van der Waals surface area contributed by atoms with Crippen LogP contribution < -0.4 is 15.4 Å². The lowest BCUT2D eigenvalue weighted by atomic mass is 10.1. The molecule has 5 rings (SSSR count). The van der Waals surface area contributed by atoms with Gasteiger partial charge in [0, 0.05) is 62.7 Å². The second-order valence-electron chi connectivity index (χ2n) is 8.60. The van der Waals surface area contributed by atoms with E-state index in [-0.39, 0.29) is 10.8 Å². The predicted octanol–water partition coefficient (Wildman–Crippen LogP) is 5.64. The Hall–Kier alpha value is -4.43. The summed E-state index contributed by atoms with van der Waals surface area (Å²) in [5.41, 5.74) is 4.53. The predicted molar refractivity (Wildman–Crippen MR) is 162 cm³/mol. The largest absolute Gasteiger partial charge is 0.324 e. The molecule has 3 heterocycles. The summed E-state index contributed by atoms with van der Waals surface area (Å²) in [5, 5.41) is 6.09. The van der Waals surface area contributed by atoms with Crippen LogP contribution in [0.3, 0.4) is 0 Å². The van der Waals surface area contributed by atoms with Crippen molar-refractivity contribution in [1.29, 1.82) is 0 Å². The van der Waals surface area contributed by atoms with E-state index in [4.69, 9.17) is 0 Å². The number of aromatic nitrogens is 4. The van der Waals surface area contributed by atoms with E-state index >= 15 is 0 Å². The average molecular weight is 664 g/mol. The zero-order valence-corrected chi connectivity index (χ0v) is 24.0. The van der Waals surface area contributed by atoms with Gasteiger partial charge in [-0.1, -0.05) is 6.07 Å². The highest BCUT2D eigenvalue weighted by Crippen LogP contribution is 2.25. The molecule has 0 aliphatic heterocycles. The molecule has 0 bridgehead atoms. The standard InChI is InChI=1S/C28H22IN7O3S/c1-18-4-7-22(15-25(18)35-28-32-14-11-24(34-28)20-3-2-12-30-16-20)33-27(37)19-5-8-21(9-6-19)36-40(38,39)26-17-31-13-10-23(26)29/h2-17,36H,1H3,(H,33,37)(H,32,34,35). The first kappa shape index (κ1) is 27.1. The van der Waals surface area contributed by atoms with Crippen LogP contribution in [0, 0.1) is 10.5 Å². The maximum atomic E-state index is 12.9. The molecule has 0 unspecified atom stereocenters. The summed E-state index contributed by atoms with van der Waals surface area (Å²) >= 11 is 1.94. The molecule has 1 amide bonds. The third kappa shape index (κ3) is 6.40. The fourth-order valence-electron chi connectivity index (χ4n) is 3.71. The number of carbonyl (C=O) groups excluding carboxylic acids is 1. The number of benzene rings is 2. The van der Waals surface area contributed by atoms with Crippen LogP contribution in [-0.4, -0.2) is 34.3 Å². The molecule has 0 aliphatic carbocycles. The number of carbonyl (C=O) groups is 1. The lowest BCUT2D eigenvalue weighted by molar-refractivity contribution is 0.102. The highest BCUT2D eigenvalue weighted by Gasteiger charge is 2.18. The Bertz CT molecular complexity index is 1780. The van der Waals surface area contributed by atoms with E-state index in [9.17, 15) is 13.2 Å². The van der Waals surface area contributed by atoms with E-state index in [1.54, 1.807) is 48.9 Å². The minimum absolute atomic E-state index is 0.0791. The van der Waals surface area contributed by atoms with Crippen molar-refractivity contribution in [3.05, 3.63) is 112 Å². The number of halogens is 1. The van der Waals surface area contributed by atoms with Crippen molar-refractivity contribution in [3.8, 4) is 11.3 Å². The summed E-state index contributed by atoms with van der Waals surface area (Å²) in [6, 6.07) is 18.8. The van der Waals surface area contributed by atoms with Crippen LogP contribution >= 0.6 is 22.6 Å². The molecule has 0 radical (unpaired) electrons. The Morgan fingerprint density at radius 1 is 0.875 bits per heavy atom.